The van der Waals surface area contributed by atoms with E-state index in [0.29, 0.717) is 6.54 Å². The van der Waals surface area contributed by atoms with Gasteiger partial charge in [-0.3, -0.25) is 9.69 Å². The zero-order chi connectivity index (χ0) is 21.6. The van der Waals surface area contributed by atoms with E-state index in [1.165, 1.54) is 37.2 Å². The molecular weight excluding hydrogens is 384 g/mol. The van der Waals surface area contributed by atoms with Crippen LogP contribution < -0.4 is 10.2 Å². The summed E-state index contributed by atoms with van der Waals surface area (Å²) in [7, 11) is 2.17. The van der Waals surface area contributed by atoms with Crippen molar-refractivity contribution in [1.82, 2.24) is 15.1 Å². The minimum absolute atomic E-state index is 0.0127. The third-order valence-electron chi connectivity index (χ3n) is 6.62. The number of nitrogens with one attached hydrogen (secondary N) is 1. The van der Waals surface area contributed by atoms with E-state index in [2.05, 4.69) is 70.4 Å². The molecule has 2 aromatic carbocycles. The predicted molar refractivity (Wildman–Crippen MR) is 127 cm³/mol. The third kappa shape index (κ3) is 6.08. The van der Waals surface area contributed by atoms with Crippen molar-refractivity contribution in [2.24, 2.45) is 5.92 Å². The van der Waals surface area contributed by atoms with Crippen molar-refractivity contribution in [3.63, 3.8) is 0 Å². The summed E-state index contributed by atoms with van der Waals surface area (Å²) in [5.74, 6) is 0.774. The lowest BCUT2D eigenvalue weighted by molar-refractivity contribution is 0.0951. The average molecular weight is 421 g/mol. The van der Waals surface area contributed by atoms with Gasteiger partial charge in [0, 0.05) is 57.1 Å². The largest absolute Gasteiger partial charge is 0.369 e. The molecule has 0 aliphatic carbocycles. The van der Waals surface area contributed by atoms with Crippen LogP contribution in [0.5, 0.6) is 0 Å². The van der Waals surface area contributed by atoms with E-state index in [9.17, 15) is 4.79 Å². The molecule has 31 heavy (non-hydrogen) atoms. The highest BCUT2D eigenvalue weighted by molar-refractivity contribution is 5.94. The van der Waals surface area contributed by atoms with E-state index in [1.54, 1.807) is 0 Å². The smallest absolute Gasteiger partial charge is 0.251 e. The SMILES string of the molecule is C[C@@H]1CCCN(Cc2ccc(C(=O)NCc3ccc(N4CCN(C)CC4)cc3)cc2)C1. The van der Waals surface area contributed by atoms with Crippen LogP contribution in [0.3, 0.4) is 0 Å². The predicted octanol–water partition coefficient (Wildman–Crippen LogP) is 3.60. The summed E-state index contributed by atoms with van der Waals surface area (Å²) in [4.78, 5) is 19.9. The molecule has 0 aromatic heterocycles. The number of likely N-dealkylation sites (N-methyl/N-ethyl adjacent to an activating group) is 1. The standard InChI is InChI=1S/C26H36N4O/c1-21-4-3-13-29(19-21)20-23-5-9-24(10-6-23)26(31)27-18-22-7-11-25(12-8-22)30-16-14-28(2)15-17-30/h5-12,21H,3-4,13-20H2,1-2H3,(H,27,31)/t21-/m1/s1. The van der Waals surface area contributed by atoms with Crippen molar-refractivity contribution in [3.05, 3.63) is 65.2 Å². The second-order valence-electron chi connectivity index (χ2n) is 9.32. The molecule has 4 rings (SSSR count). The molecule has 5 heteroatoms. The number of nitrogens with zero attached hydrogens (tertiary/aromatic N) is 3. The van der Waals surface area contributed by atoms with Gasteiger partial charge in [0.15, 0.2) is 0 Å². The van der Waals surface area contributed by atoms with Crippen LogP contribution in [-0.4, -0.2) is 62.0 Å². The van der Waals surface area contributed by atoms with Crippen LogP contribution >= 0.6 is 0 Å². The number of piperazine rings is 1. The number of anilines is 1. The first-order chi connectivity index (χ1) is 15.1. The summed E-state index contributed by atoms with van der Waals surface area (Å²) in [6.45, 7) is 10.6. The molecule has 2 heterocycles. The van der Waals surface area contributed by atoms with Crippen LogP contribution in [0.4, 0.5) is 5.69 Å². The van der Waals surface area contributed by atoms with Gasteiger partial charge in [0.25, 0.3) is 5.91 Å². The van der Waals surface area contributed by atoms with Gasteiger partial charge in [-0.15, -0.1) is 0 Å². The van der Waals surface area contributed by atoms with E-state index < -0.39 is 0 Å². The number of hydrogen-bond acceptors (Lipinski definition) is 4. The Kier molecular flexibility index (Phi) is 7.25. The molecule has 2 saturated heterocycles. The Hall–Kier alpha value is -2.37. The molecule has 0 saturated carbocycles. The van der Waals surface area contributed by atoms with Crippen LogP contribution in [0.2, 0.25) is 0 Å². The molecule has 1 amide bonds. The van der Waals surface area contributed by atoms with Crippen molar-refractivity contribution >= 4 is 11.6 Å². The molecular formula is C26H36N4O. The summed E-state index contributed by atoms with van der Waals surface area (Å²) in [5, 5.41) is 3.06. The van der Waals surface area contributed by atoms with Crippen molar-refractivity contribution < 1.29 is 4.79 Å². The lowest BCUT2D eigenvalue weighted by atomic mass is 9.99. The summed E-state index contributed by atoms with van der Waals surface area (Å²) < 4.78 is 0. The maximum atomic E-state index is 12.6. The molecule has 2 fully saturated rings. The number of likely N-dealkylation sites (tertiary alicyclic amines) is 1. The fourth-order valence-electron chi connectivity index (χ4n) is 4.62. The lowest BCUT2D eigenvalue weighted by Gasteiger charge is -2.34. The van der Waals surface area contributed by atoms with Crippen LogP contribution in [0, 0.1) is 5.92 Å². The Bertz CT molecular complexity index is 841. The molecule has 0 spiro atoms. The van der Waals surface area contributed by atoms with Gasteiger partial charge in [-0.2, -0.15) is 0 Å². The molecule has 1 atom stereocenters. The van der Waals surface area contributed by atoms with Gasteiger partial charge in [-0.25, -0.2) is 0 Å². The number of piperidine rings is 1. The summed E-state index contributed by atoms with van der Waals surface area (Å²) in [5.41, 5.74) is 4.40. The van der Waals surface area contributed by atoms with E-state index in [0.717, 1.165) is 49.8 Å². The summed E-state index contributed by atoms with van der Waals surface area (Å²) >= 11 is 0. The minimum atomic E-state index is -0.0127. The van der Waals surface area contributed by atoms with E-state index >= 15 is 0 Å². The van der Waals surface area contributed by atoms with Crippen LogP contribution in [0.25, 0.3) is 0 Å². The topological polar surface area (TPSA) is 38.8 Å². The molecule has 166 valence electrons. The van der Waals surface area contributed by atoms with Crippen molar-refractivity contribution in [1.29, 1.82) is 0 Å². The molecule has 0 bridgehead atoms. The Balaban J connectivity index is 1.25. The highest BCUT2D eigenvalue weighted by Crippen LogP contribution is 2.19. The third-order valence-corrected chi connectivity index (χ3v) is 6.62. The highest BCUT2D eigenvalue weighted by atomic mass is 16.1. The average Bonchev–Trinajstić information content (AvgIpc) is 2.79. The van der Waals surface area contributed by atoms with Crippen LogP contribution in [-0.2, 0) is 13.1 Å². The van der Waals surface area contributed by atoms with Gasteiger partial charge in [0.05, 0.1) is 0 Å². The second kappa shape index (κ2) is 10.3. The first kappa shape index (κ1) is 21.8. The van der Waals surface area contributed by atoms with Gasteiger partial charge in [-0.1, -0.05) is 31.2 Å². The van der Waals surface area contributed by atoms with Crippen LogP contribution in [0.1, 0.15) is 41.3 Å². The van der Waals surface area contributed by atoms with Gasteiger partial charge < -0.3 is 15.1 Å². The Morgan fingerprint density at radius 3 is 2.29 bits per heavy atom. The maximum absolute atomic E-state index is 12.6. The number of benzene rings is 2. The highest BCUT2D eigenvalue weighted by Gasteiger charge is 2.17. The van der Waals surface area contributed by atoms with E-state index in [-0.39, 0.29) is 5.91 Å². The molecule has 0 unspecified atom stereocenters. The van der Waals surface area contributed by atoms with E-state index in [4.69, 9.17) is 0 Å². The first-order valence-electron chi connectivity index (χ1n) is 11.7. The Morgan fingerprint density at radius 1 is 0.935 bits per heavy atom. The zero-order valence-electron chi connectivity index (χ0n) is 19.0. The molecule has 5 nitrogen and oxygen atoms in total. The number of amides is 1. The molecule has 2 aromatic rings. The normalized spacial score (nSPS) is 20.6. The number of carbonyl (C=O) groups is 1. The zero-order valence-corrected chi connectivity index (χ0v) is 19.0. The maximum Gasteiger partial charge on any atom is 0.251 e. The molecule has 1 N–H and O–H groups in total. The van der Waals surface area contributed by atoms with Crippen molar-refractivity contribution in [2.45, 2.75) is 32.9 Å². The Labute approximate surface area is 187 Å². The quantitative estimate of drug-likeness (QED) is 0.775. The molecule has 0 radical (unpaired) electrons. The van der Waals surface area contributed by atoms with Gasteiger partial charge in [0.1, 0.15) is 0 Å². The summed E-state index contributed by atoms with van der Waals surface area (Å²) in [6, 6.07) is 16.7. The first-order valence-corrected chi connectivity index (χ1v) is 11.7. The van der Waals surface area contributed by atoms with Gasteiger partial charge in [-0.05, 0) is 67.7 Å². The van der Waals surface area contributed by atoms with Crippen LogP contribution in [0.15, 0.2) is 48.5 Å². The fraction of sp³-hybridized carbons (Fsp3) is 0.500. The second-order valence-corrected chi connectivity index (χ2v) is 9.32. The molecule has 2 aliphatic heterocycles. The number of carbonyl (C=O) groups excluding carboxylic acids is 1. The summed E-state index contributed by atoms with van der Waals surface area (Å²) in [6.07, 6.45) is 2.63. The number of rotatable bonds is 6. The van der Waals surface area contributed by atoms with Crippen molar-refractivity contribution in [2.75, 3.05) is 51.2 Å². The van der Waals surface area contributed by atoms with Crippen molar-refractivity contribution in [3.8, 4) is 0 Å². The monoisotopic (exact) mass is 420 g/mol. The fourth-order valence-corrected chi connectivity index (χ4v) is 4.62. The number of hydrogen-bond donors (Lipinski definition) is 1. The van der Waals surface area contributed by atoms with Gasteiger partial charge in [0.2, 0.25) is 0 Å². The minimum Gasteiger partial charge on any atom is -0.369 e. The van der Waals surface area contributed by atoms with E-state index in [1.807, 2.05) is 12.1 Å². The molecule has 2 aliphatic rings. The van der Waals surface area contributed by atoms with Gasteiger partial charge >= 0.3 is 0 Å². The Morgan fingerprint density at radius 2 is 1.61 bits per heavy atom. The lowest BCUT2D eigenvalue weighted by Crippen LogP contribution is -2.44.